The molecule has 9 nitrogen and oxygen atoms in total. The van der Waals surface area contributed by atoms with Gasteiger partial charge in [0.05, 0.1) is 19.1 Å². The summed E-state index contributed by atoms with van der Waals surface area (Å²) >= 11 is 0. The van der Waals surface area contributed by atoms with E-state index < -0.39 is 35.3 Å². The highest BCUT2D eigenvalue weighted by Crippen LogP contribution is 2.18. The minimum Gasteiger partial charge on any atom is -0.466 e. The largest absolute Gasteiger partial charge is 0.466 e. The average Bonchev–Trinajstić information content (AvgIpc) is 2.77. The molecule has 0 radical (unpaired) electrons. The molecule has 0 saturated heterocycles. The monoisotopic (exact) mass is 259 g/mol. The number of H-pyrrole nitrogens is 1. The van der Waals surface area contributed by atoms with E-state index in [9.17, 15) is 25.1 Å². The third-order valence-electron chi connectivity index (χ3n) is 2.10. The summed E-state index contributed by atoms with van der Waals surface area (Å²) in [5.41, 5.74) is 0. The molecule has 2 atom stereocenters. The van der Waals surface area contributed by atoms with Gasteiger partial charge in [-0.15, -0.1) is 0 Å². The molecule has 100 valence electrons. The highest BCUT2D eigenvalue weighted by Gasteiger charge is 2.27. The van der Waals surface area contributed by atoms with Gasteiger partial charge in [0.15, 0.2) is 6.10 Å². The second-order valence-electron chi connectivity index (χ2n) is 3.43. The van der Waals surface area contributed by atoms with E-state index in [-0.39, 0.29) is 12.4 Å². The Hall–Kier alpha value is -2.00. The van der Waals surface area contributed by atoms with Gasteiger partial charge < -0.3 is 25.1 Å². The lowest BCUT2D eigenvalue weighted by molar-refractivity contribution is -0.389. The van der Waals surface area contributed by atoms with Crippen LogP contribution in [0.3, 0.4) is 0 Å². The topological polar surface area (TPSA) is 139 Å². The Morgan fingerprint density at radius 3 is 2.83 bits per heavy atom. The Kier molecular flexibility index (Phi) is 4.75. The molecule has 0 amide bonds. The molecule has 1 rings (SSSR count). The number of aliphatic hydroxyl groups is 2. The first kappa shape index (κ1) is 14.1. The van der Waals surface area contributed by atoms with Crippen LogP contribution in [0, 0.1) is 10.1 Å². The lowest BCUT2D eigenvalue weighted by Gasteiger charge is -2.13. The summed E-state index contributed by atoms with van der Waals surface area (Å²) in [4.78, 5) is 26.5. The number of aromatic amines is 1. The number of nitrogens with zero attached hydrogens (tertiary/aromatic N) is 2. The molecule has 0 bridgehead atoms. The van der Waals surface area contributed by atoms with Crippen molar-refractivity contribution in [1.82, 2.24) is 9.97 Å². The maximum absolute atomic E-state index is 11.1. The van der Waals surface area contributed by atoms with Crippen LogP contribution < -0.4 is 0 Å². The maximum atomic E-state index is 11.1. The van der Waals surface area contributed by atoms with Crippen molar-refractivity contribution in [2.45, 2.75) is 25.6 Å². The number of ether oxygens (including phenoxy) is 1. The van der Waals surface area contributed by atoms with Crippen LogP contribution in [-0.4, -0.2) is 43.8 Å². The molecule has 0 fully saturated rings. The lowest BCUT2D eigenvalue weighted by atomic mass is 10.1. The van der Waals surface area contributed by atoms with Crippen LogP contribution in [0.1, 0.15) is 25.3 Å². The van der Waals surface area contributed by atoms with E-state index in [1.165, 1.54) is 0 Å². The molecule has 0 aliphatic carbocycles. The standard InChI is InChI=1S/C9H13N3O6/c1-2-18-7(14)3-5(13)8(15)9-10-4-6(11-9)12(16)17/h4-5,8,13,15H,2-3H2,1H3,(H,10,11). The number of aliphatic hydroxyl groups excluding tert-OH is 2. The molecule has 3 N–H and O–H groups in total. The van der Waals surface area contributed by atoms with Gasteiger partial charge in [-0.25, -0.2) is 9.97 Å². The highest BCUT2D eigenvalue weighted by atomic mass is 16.6. The Morgan fingerprint density at radius 1 is 1.67 bits per heavy atom. The van der Waals surface area contributed by atoms with Crippen molar-refractivity contribution in [3.63, 3.8) is 0 Å². The van der Waals surface area contributed by atoms with E-state index in [0.717, 1.165) is 6.20 Å². The van der Waals surface area contributed by atoms with Crippen LogP contribution >= 0.6 is 0 Å². The number of carbonyl (C=O) groups excluding carboxylic acids is 1. The van der Waals surface area contributed by atoms with Crippen LogP contribution in [-0.2, 0) is 9.53 Å². The van der Waals surface area contributed by atoms with Crippen LogP contribution in [0.25, 0.3) is 0 Å². The molecule has 0 saturated carbocycles. The molecule has 0 spiro atoms. The van der Waals surface area contributed by atoms with Crippen LogP contribution in [0.4, 0.5) is 5.82 Å². The molecule has 0 aliphatic rings. The first-order valence-electron chi connectivity index (χ1n) is 5.16. The van der Waals surface area contributed by atoms with Crippen molar-refractivity contribution in [3.8, 4) is 0 Å². The zero-order valence-corrected chi connectivity index (χ0v) is 9.57. The zero-order chi connectivity index (χ0) is 13.7. The number of aromatic nitrogens is 2. The third-order valence-corrected chi connectivity index (χ3v) is 2.10. The van der Waals surface area contributed by atoms with Crippen molar-refractivity contribution in [1.29, 1.82) is 0 Å². The molecular formula is C9H13N3O6. The summed E-state index contributed by atoms with van der Waals surface area (Å²) in [5.74, 6) is -1.27. The number of hydrogen-bond acceptors (Lipinski definition) is 7. The fourth-order valence-corrected chi connectivity index (χ4v) is 1.25. The Morgan fingerprint density at radius 2 is 2.33 bits per heavy atom. The molecule has 0 aliphatic heterocycles. The molecule has 1 aromatic heterocycles. The van der Waals surface area contributed by atoms with Gasteiger partial charge in [0.1, 0.15) is 6.20 Å². The van der Waals surface area contributed by atoms with Crippen LogP contribution in [0.15, 0.2) is 6.20 Å². The highest BCUT2D eigenvalue weighted by molar-refractivity contribution is 5.70. The van der Waals surface area contributed by atoms with Gasteiger partial charge in [0.2, 0.25) is 5.82 Å². The van der Waals surface area contributed by atoms with Gasteiger partial charge in [-0.3, -0.25) is 4.79 Å². The van der Waals surface area contributed by atoms with Gasteiger partial charge in [-0.05, 0) is 11.8 Å². The van der Waals surface area contributed by atoms with Gasteiger partial charge in [-0.1, -0.05) is 0 Å². The number of carbonyl (C=O) groups is 1. The van der Waals surface area contributed by atoms with Crippen molar-refractivity contribution < 1.29 is 24.7 Å². The van der Waals surface area contributed by atoms with Crippen LogP contribution in [0.5, 0.6) is 0 Å². The maximum Gasteiger partial charge on any atom is 0.340 e. The average molecular weight is 259 g/mol. The lowest BCUT2D eigenvalue weighted by Crippen LogP contribution is -2.24. The first-order chi connectivity index (χ1) is 8.45. The number of nitrogens with one attached hydrogen (secondary N) is 1. The fourth-order valence-electron chi connectivity index (χ4n) is 1.25. The molecule has 1 aromatic rings. The van der Waals surface area contributed by atoms with Crippen molar-refractivity contribution >= 4 is 11.8 Å². The third kappa shape index (κ3) is 3.50. The molecule has 2 unspecified atom stereocenters. The van der Waals surface area contributed by atoms with Crippen molar-refractivity contribution in [2.24, 2.45) is 0 Å². The van der Waals surface area contributed by atoms with E-state index >= 15 is 0 Å². The van der Waals surface area contributed by atoms with E-state index in [1.807, 2.05) is 0 Å². The van der Waals surface area contributed by atoms with E-state index in [2.05, 4.69) is 14.7 Å². The predicted molar refractivity (Wildman–Crippen MR) is 57.5 cm³/mol. The summed E-state index contributed by atoms with van der Waals surface area (Å²) in [6.45, 7) is 1.77. The van der Waals surface area contributed by atoms with Crippen molar-refractivity contribution in [3.05, 3.63) is 22.1 Å². The smallest absolute Gasteiger partial charge is 0.340 e. The van der Waals surface area contributed by atoms with Gasteiger partial charge >= 0.3 is 11.8 Å². The number of esters is 1. The van der Waals surface area contributed by atoms with E-state index in [4.69, 9.17) is 0 Å². The predicted octanol–water partition coefficient (Wildman–Crippen LogP) is -0.335. The second-order valence-corrected chi connectivity index (χ2v) is 3.43. The quantitative estimate of drug-likeness (QED) is 0.361. The van der Waals surface area contributed by atoms with Gasteiger partial charge in [0.25, 0.3) is 0 Å². The Bertz CT molecular complexity index is 432. The molecule has 18 heavy (non-hydrogen) atoms. The first-order valence-corrected chi connectivity index (χ1v) is 5.16. The fraction of sp³-hybridized carbons (Fsp3) is 0.556. The van der Waals surface area contributed by atoms with E-state index in [1.54, 1.807) is 6.92 Å². The number of imidazole rings is 1. The Labute approximate surface area is 102 Å². The minimum atomic E-state index is -1.52. The zero-order valence-electron chi connectivity index (χ0n) is 9.57. The summed E-state index contributed by atoms with van der Waals surface area (Å²) < 4.78 is 4.59. The minimum absolute atomic E-state index is 0.161. The summed E-state index contributed by atoms with van der Waals surface area (Å²) in [6.07, 6.45) is -2.49. The summed E-state index contributed by atoms with van der Waals surface area (Å²) in [7, 11) is 0. The normalized spacial score (nSPS) is 13.9. The molecule has 9 heteroatoms. The Balaban J connectivity index is 2.64. The molecule has 0 aromatic carbocycles. The molecular weight excluding hydrogens is 246 g/mol. The SMILES string of the molecule is CCOC(=O)CC(O)C(O)c1ncc([N+](=O)[O-])[nH]1. The number of nitro groups is 1. The van der Waals surface area contributed by atoms with Crippen molar-refractivity contribution in [2.75, 3.05) is 6.61 Å². The molecule has 1 heterocycles. The summed E-state index contributed by atoms with van der Waals surface area (Å²) in [6, 6.07) is 0. The number of rotatable bonds is 6. The van der Waals surface area contributed by atoms with Gasteiger partial charge in [0, 0.05) is 0 Å². The van der Waals surface area contributed by atoms with Gasteiger partial charge in [-0.2, -0.15) is 0 Å². The number of hydrogen-bond donors (Lipinski definition) is 3. The summed E-state index contributed by atoms with van der Waals surface area (Å²) in [5, 5.41) is 29.5. The second kappa shape index (κ2) is 6.07. The van der Waals surface area contributed by atoms with Crippen LogP contribution in [0.2, 0.25) is 0 Å². The van der Waals surface area contributed by atoms with E-state index in [0.29, 0.717) is 0 Å².